The number of carbonyl (C=O) groups excluding carboxylic acids is 1. The van der Waals surface area contributed by atoms with Gasteiger partial charge in [-0.2, -0.15) is 11.8 Å². The summed E-state index contributed by atoms with van der Waals surface area (Å²) in [5, 5.41) is 0. The lowest BCUT2D eigenvalue weighted by molar-refractivity contribution is -0.105. The molecule has 0 bridgehead atoms. The lowest BCUT2D eigenvalue weighted by atomic mass is 10.0. The van der Waals surface area contributed by atoms with Crippen molar-refractivity contribution in [2.24, 2.45) is 0 Å². The molecule has 132 valence electrons. The fourth-order valence-corrected chi connectivity index (χ4v) is 3.55. The molecule has 1 nitrogen and oxygen atoms in total. The molecule has 0 radical (unpaired) electrons. The van der Waals surface area contributed by atoms with E-state index in [0.29, 0.717) is 5.75 Å². The predicted molar refractivity (Wildman–Crippen MR) is 103 cm³/mol. The maximum Gasteiger partial charge on any atom is 0.129 e. The molecule has 0 unspecified atom stereocenters. The van der Waals surface area contributed by atoms with Crippen LogP contribution in [0.2, 0.25) is 0 Å². The number of unbranched alkanes of at least 4 members (excludes halogenated alkanes) is 15. The van der Waals surface area contributed by atoms with Gasteiger partial charge in [0.15, 0.2) is 0 Å². The van der Waals surface area contributed by atoms with Crippen molar-refractivity contribution in [3.63, 3.8) is 0 Å². The molecule has 0 aromatic rings. The summed E-state index contributed by atoms with van der Waals surface area (Å²) in [6.07, 6.45) is 23.8. The third-order valence-electron chi connectivity index (χ3n) is 4.33. The average Bonchev–Trinajstić information content (AvgIpc) is 2.54. The average molecular weight is 329 g/mol. The second kappa shape index (κ2) is 21.0. The van der Waals surface area contributed by atoms with E-state index in [4.69, 9.17) is 0 Å². The molecule has 0 fully saturated rings. The van der Waals surface area contributed by atoms with Crippen molar-refractivity contribution in [1.82, 2.24) is 0 Å². The highest BCUT2D eigenvalue weighted by atomic mass is 32.2. The Bertz CT molecular complexity index is 206. The van der Waals surface area contributed by atoms with Crippen LogP contribution in [0.1, 0.15) is 110 Å². The van der Waals surface area contributed by atoms with Gasteiger partial charge in [-0.05, 0) is 12.2 Å². The van der Waals surface area contributed by atoms with Crippen molar-refractivity contribution in [3.05, 3.63) is 0 Å². The van der Waals surface area contributed by atoms with Crippen LogP contribution in [0.25, 0.3) is 0 Å². The highest BCUT2D eigenvalue weighted by molar-refractivity contribution is 7.99. The Labute approximate surface area is 144 Å². The molecule has 0 aliphatic carbocycles. The van der Waals surface area contributed by atoms with Crippen molar-refractivity contribution < 1.29 is 4.79 Å². The molecule has 0 aliphatic rings. The van der Waals surface area contributed by atoms with Gasteiger partial charge in [-0.3, -0.25) is 0 Å². The summed E-state index contributed by atoms with van der Waals surface area (Å²) in [6.45, 7) is 2.29. The summed E-state index contributed by atoms with van der Waals surface area (Å²) in [5.74, 6) is 1.84. The van der Waals surface area contributed by atoms with Crippen LogP contribution in [0.4, 0.5) is 0 Å². The van der Waals surface area contributed by atoms with E-state index in [2.05, 4.69) is 6.92 Å². The van der Waals surface area contributed by atoms with Crippen LogP contribution < -0.4 is 0 Å². The Morgan fingerprint density at radius 1 is 0.591 bits per heavy atom. The molecular formula is C20H40OS. The van der Waals surface area contributed by atoms with E-state index in [1.165, 1.54) is 103 Å². The number of thioether (sulfide) groups is 1. The number of rotatable bonds is 19. The van der Waals surface area contributed by atoms with Crippen LogP contribution in [-0.4, -0.2) is 17.8 Å². The normalized spacial score (nSPS) is 11.0. The maximum atomic E-state index is 10.2. The number of carbonyl (C=O) groups is 1. The largest absolute Gasteiger partial charge is 0.302 e. The minimum atomic E-state index is 0.679. The Hall–Kier alpha value is 0.0200. The van der Waals surface area contributed by atoms with Crippen LogP contribution in [0.15, 0.2) is 0 Å². The fourth-order valence-electron chi connectivity index (χ4n) is 2.88. The van der Waals surface area contributed by atoms with Crippen LogP contribution in [0.3, 0.4) is 0 Å². The molecule has 22 heavy (non-hydrogen) atoms. The molecule has 0 amide bonds. The molecule has 0 aromatic carbocycles. The van der Waals surface area contributed by atoms with E-state index < -0.39 is 0 Å². The minimum absolute atomic E-state index is 0.679. The Kier molecular flexibility index (Phi) is 21.0. The summed E-state index contributed by atoms with van der Waals surface area (Å²) >= 11 is 1.77. The molecule has 0 saturated carbocycles. The van der Waals surface area contributed by atoms with Crippen molar-refractivity contribution in [3.8, 4) is 0 Å². The van der Waals surface area contributed by atoms with E-state index >= 15 is 0 Å². The first-order valence-corrected chi connectivity index (χ1v) is 11.1. The zero-order valence-electron chi connectivity index (χ0n) is 15.1. The zero-order chi connectivity index (χ0) is 16.1. The summed E-state index contributed by atoms with van der Waals surface area (Å²) in [7, 11) is 0. The monoisotopic (exact) mass is 328 g/mol. The molecule has 0 rings (SSSR count). The van der Waals surface area contributed by atoms with E-state index in [1.54, 1.807) is 11.8 Å². The molecule has 0 N–H and O–H groups in total. The van der Waals surface area contributed by atoms with E-state index in [0.717, 1.165) is 12.0 Å². The Balaban J connectivity index is 2.92. The van der Waals surface area contributed by atoms with Gasteiger partial charge in [0.25, 0.3) is 0 Å². The van der Waals surface area contributed by atoms with E-state index in [-0.39, 0.29) is 0 Å². The second-order valence-corrected chi connectivity index (χ2v) is 7.69. The molecule has 0 aromatic heterocycles. The first kappa shape index (κ1) is 22.0. The van der Waals surface area contributed by atoms with Gasteiger partial charge in [0, 0.05) is 5.75 Å². The van der Waals surface area contributed by atoms with Crippen LogP contribution in [-0.2, 0) is 4.79 Å². The first-order valence-electron chi connectivity index (χ1n) is 9.93. The van der Waals surface area contributed by atoms with Crippen LogP contribution in [0.5, 0.6) is 0 Å². The second-order valence-electron chi connectivity index (χ2n) is 6.54. The molecule has 0 saturated heterocycles. The fraction of sp³-hybridized carbons (Fsp3) is 0.950. The minimum Gasteiger partial charge on any atom is -0.302 e. The lowest BCUT2D eigenvalue weighted by Crippen LogP contribution is -1.86. The van der Waals surface area contributed by atoms with Crippen molar-refractivity contribution in [2.45, 2.75) is 110 Å². The summed E-state index contributed by atoms with van der Waals surface area (Å²) in [4.78, 5) is 10.2. The van der Waals surface area contributed by atoms with Gasteiger partial charge in [-0.15, -0.1) is 0 Å². The molecular weight excluding hydrogens is 288 g/mol. The van der Waals surface area contributed by atoms with Gasteiger partial charge in [-0.1, -0.05) is 103 Å². The smallest absolute Gasteiger partial charge is 0.129 e. The Morgan fingerprint density at radius 3 is 1.32 bits per heavy atom. The molecule has 0 spiro atoms. The molecule has 0 atom stereocenters. The number of hydrogen-bond acceptors (Lipinski definition) is 2. The number of aldehydes is 1. The van der Waals surface area contributed by atoms with E-state index in [9.17, 15) is 4.79 Å². The van der Waals surface area contributed by atoms with Gasteiger partial charge in [0.05, 0.1) is 0 Å². The van der Waals surface area contributed by atoms with Gasteiger partial charge >= 0.3 is 0 Å². The zero-order valence-corrected chi connectivity index (χ0v) is 15.9. The molecule has 0 heterocycles. The van der Waals surface area contributed by atoms with Crippen LogP contribution >= 0.6 is 11.8 Å². The third kappa shape index (κ3) is 20.0. The van der Waals surface area contributed by atoms with Crippen LogP contribution in [0, 0.1) is 0 Å². The number of hydrogen-bond donors (Lipinski definition) is 0. The highest BCUT2D eigenvalue weighted by Gasteiger charge is 1.94. The van der Waals surface area contributed by atoms with Crippen molar-refractivity contribution in [1.29, 1.82) is 0 Å². The van der Waals surface area contributed by atoms with Crippen molar-refractivity contribution >= 4 is 18.0 Å². The van der Waals surface area contributed by atoms with Gasteiger partial charge in [0.2, 0.25) is 0 Å². The molecule has 2 heteroatoms. The first-order chi connectivity index (χ1) is 10.9. The summed E-state index contributed by atoms with van der Waals surface area (Å²) in [6, 6.07) is 0. The lowest BCUT2D eigenvalue weighted by Gasteiger charge is -2.03. The standard InChI is InChI=1S/C20H40OS/c1-2-3-4-5-6-7-8-9-10-11-12-13-14-15-16-17-19-22-20-18-21/h18H,2-17,19-20H2,1H3. The van der Waals surface area contributed by atoms with E-state index in [1.807, 2.05) is 0 Å². The third-order valence-corrected chi connectivity index (χ3v) is 5.28. The summed E-state index contributed by atoms with van der Waals surface area (Å²) in [5.41, 5.74) is 0. The maximum absolute atomic E-state index is 10.2. The molecule has 0 aliphatic heterocycles. The quantitative estimate of drug-likeness (QED) is 0.184. The predicted octanol–water partition coefficient (Wildman–Crippen LogP) is 7.18. The van der Waals surface area contributed by atoms with Gasteiger partial charge in [-0.25, -0.2) is 0 Å². The van der Waals surface area contributed by atoms with Gasteiger partial charge < -0.3 is 4.79 Å². The highest BCUT2D eigenvalue weighted by Crippen LogP contribution is 2.14. The summed E-state index contributed by atoms with van der Waals surface area (Å²) < 4.78 is 0. The Morgan fingerprint density at radius 2 is 0.955 bits per heavy atom. The van der Waals surface area contributed by atoms with Crippen molar-refractivity contribution in [2.75, 3.05) is 11.5 Å². The topological polar surface area (TPSA) is 17.1 Å². The SMILES string of the molecule is CCCCCCCCCCCCCCCCCCSCC=O. The van der Waals surface area contributed by atoms with Gasteiger partial charge in [0.1, 0.15) is 6.29 Å².